The molecule has 0 aliphatic carbocycles. The van der Waals surface area contributed by atoms with Gasteiger partial charge in [0.05, 0.1) is 42.1 Å². The number of anilines is 1. The highest BCUT2D eigenvalue weighted by Gasteiger charge is 2.28. The average molecular weight is 998 g/mol. The van der Waals surface area contributed by atoms with Crippen molar-refractivity contribution in [2.75, 3.05) is 51.1 Å². The third-order valence-corrected chi connectivity index (χ3v) is 8.82. The van der Waals surface area contributed by atoms with E-state index in [0.29, 0.717) is 38.6 Å². The molecule has 400 valence electrons. The van der Waals surface area contributed by atoms with Crippen molar-refractivity contribution in [3.63, 3.8) is 0 Å². The molecule has 0 heterocycles. The minimum Gasteiger partial charge on any atom is -0.379 e. The number of amides is 8. The number of nitro benzene ring substituents is 2. The summed E-state index contributed by atoms with van der Waals surface area (Å²) in [5.74, 6) is -5.97. The first kappa shape index (κ1) is 69.8. The van der Waals surface area contributed by atoms with Crippen LogP contribution < -0.4 is 59.7 Å². The van der Waals surface area contributed by atoms with Gasteiger partial charge in [0, 0.05) is 25.6 Å². The molecule has 14 N–H and O–H groups in total. The molecule has 0 aliphatic heterocycles. The van der Waals surface area contributed by atoms with E-state index < -0.39 is 113 Å². The number of carbonyl (C=O) groups is 8. The van der Waals surface area contributed by atoms with Gasteiger partial charge >= 0.3 is 0 Å². The molecule has 70 heavy (non-hydrogen) atoms. The Morgan fingerprint density at radius 2 is 1.19 bits per heavy atom. The maximum atomic E-state index is 13.1. The number of non-ortho nitro benzene ring substituents is 1. The van der Waals surface area contributed by atoms with Gasteiger partial charge in [0.25, 0.3) is 11.4 Å². The molecule has 1 rings (SSSR count). The summed E-state index contributed by atoms with van der Waals surface area (Å²) in [5, 5.41) is 42.2. The van der Waals surface area contributed by atoms with Crippen LogP contribution in [0, 0.1) is 26.1 Å². The van der Waals surface area contributed by atoms with Gasteiger partial charge in [-0.2, -0.15) is 0 Å². The van der Waals surface area contributed by atoms with Gasteiger partial charge in [-0.1, -0.05) is 74.3 Å². The van der Waals surface area contributed by atoms with Crippen molar-refractivity contribution in [3.8, 4) is 0 Å². The lowest BCUT2D eigenvalue weighted by Crippen LogP contribution is -2.55. The second-order valence-corrected chi connectivity index (χ2v) is 14.6. The fourth-order valence-electron chi connectivity index (χ4n) is 5.32. The van der Waals surface area contributed by atoms with Crippen LogP contribution in [0.2, 0.25) is 0 Å². The lowest BCUT2D eigenvalue weighted by molar-refractivity contribution is -0.393. The summed E-state index contributed by atoms with van der Waals surface area (Å²) < 4.78 is 0. The van der Waals surface area contributed by atoms with Crippen molar-refractivity contribution in [1.29, 1.82) is 0 Å². The molecular formula is C45H83N13O12. The van der Waals surface area contributed by atoms with Crippen LogP contribution in [0.25, 0.3) is 0 Å². The Morgan fingerprint density at radius 3 is 1.67 bits per heavy atom. The Morgan fingerprint density at radius 1 is 0.686 bits per heavy atom. The predicted octanol–water partition coefficient (Wildman–Crippen LogP) is 1.67. The standard InChI is InChI=1S/C35H57N13O12.C3H8.C3H6.2C2H6/c1-3-21(2)32(35(56)41-18-27(38)49)46-31(53)20-43-33(54)24(8-4-5-13-36)45-30(52)19-42-34(55)25(44-29(51)17-37)11-12-28(50)40-15-7-6-14-39-23-10-9-22(47(57)58)16-26(23)48(59)60;2*1-3-2;2*1-2/h9-10,16,21,24-25,32,39H,3-8,11-15,17-20,36-37H2,1-2H3,(H2,38,49)(H,40,50)(H,41,56)(H,42,55)(H,43,54)(H,44,51)(H,45,52)(H,46,53);3H2,1-2H3;3H,1H2,2H3;2*1-2H3/t21?,24?,25-,32?;;;;/m0..../s1. The SMILES string of the molecule is C=CC.CC.CC.CCC.CCC(C)C(NC(=O)CNC(=O)C(CCCCN)NC(=O)CNC(=O)[C@H](CCC(=O)NCCCCNc1ccc([N+](=O)[O-])cc1[N+](=O)[O-])NC(=O)CN)C(=O)NCC(N)=O. The zero-order valence-electron chi connectivity index (χ0n) is 42.7. The maximum absolute atomic E-state index is 13.1. The molecule has 1 aromatic rings. The number of primary amides is 1. The molecule has 0 fully saturated rings. The zero-order chi connectivity index (χ0) is 54.6. The first-order valence-corrected chi connectivity index (χ1v) is 23.7. The van der Waals surface area contributed by atoms with E-state index in [1.54, 1.807) is 19.9 Å². The molecular weight excluding hydrogens is 915 g/mol. The van der Waals surface area contributed by atoms with E-state index in [1.807, 2.05) is 34.6 Å². The summed E-state index contributed by atoms with van der Waals surface area (Å²) >= 11 is 0. The van der Waals surface area contributed by atoms with E-state index in [4.69, 9.17) is 17.2 Å². The number of rotatable bonds is 30. The topological polar surface area (TPSA) is 397 Å². The van der Waals surface area contributed by atoms with E-state index in [-0.39, 0.29) is 44.0 Å². The van der Waals surface area contributed by atoms with E-state index in [2.05, 4.69) is 63.0 Å². The quantitative estimate of drug-likeness (QED) is 0.0226. The van der Waals surface area contributed by atoms with Gasteiger partial charge in [0.15, 0.2) is 0 Å². The van der Waals surface area contributed by atoms with Crippen LogP contribution in [0.1, 0.15) is 120 Å². The smallest absolute Gasteiger partial charge is 0.299 e. The molecule has 0 saturated heterocycles. The highest BCUT2D eigenvalue weighted by molar-refractivity contribution is 5.95. The fourth-order valence-corrected chi connectivity index (χ4v) is 5.32. The van der Waals surface area contributed by atoms with Gasteiger partial charge in [-0.15, -0.1) is 6.58 Å². The number of carbonyl (C=O) groups excluding carboxylic acids is 8. The van der Waals surface area contributed by atoms with Crippen molar-refractivity contribution in [3.05, 3.63) is 51.1 Å². The second-order valence-electron chi connectivity index (χ2n) is 14.6. The minimum atomic E-state index is -1.26. The van der Waals surface area contributed by atoms with Crippen LogP contribution in [0.5, 0.6) is 0 Å². The molecule has 0 spiro atoms. The van der Waals surface area contributed by atoms with Crippen molar-refractivity contribution < 1.29 is 48.2 Å². The number of nitrogens with zero attached hydrogens (tertiary/aromatic N) is 2. The lowest BCUT2D eigenvalue weighted by Gasteiger charge is -2.24. The van der Waals surface area contributed by atoms with E-state index in [9.17, 15) is 58.6 Å². The number of hydrogen-bond donors (Lipinski definition) is 11. The van der Waals surface area contributed by atoms with Gasteiger partial charge in [-0.05, 0) is 64.0 Å². The lowest BCUT2D eigenvalue weighted by atomic mass is 9.98. The molecule has 0 radical (unpaired) electrons. The van der Waals surface area contributed by atoms with Gasteiger partial charge < -0.3 is 59.7 Å². The van der Waals surface area contributed by atoms with Crippen LogP contribution in [-0.2, 0) is 38.4 Å². The average Bonchev–Trinajstić information content (AvgIpc) is 3.34. The molecule has 1 aromatic carbocycles. The largest absolute Gasteiger partial charge is 0.379 e. The van der Waals surface area contributed by atoms with Crippen LogP contribution >= 0.6 is 0 Å². The van der Waals surface area contributed by atoms with Crippen LogP contribution in [0.4, 0.5) is 17.1 Å². The molecule has 25 nitrogen and oxygen atoms in total. The third-order valence-electron chi connectivity index (χ3n) is 8.82. The summed E-state index contributed by atoms with van der Waals surface area (Å²) in [6.45, 7) is 19.7. The summed E-state index contributed by atoms with van der Waals surface area (Å²) in [6.07, 6.45) is 5.07. The second kappa shape index (κ2) is 44.7. The normalized spacial score (nSPS) is 11.4. The number of nitrogens with two attached hydrogens (primary N) is 3. The van der Waals surface area contributed by atoms with E-state index in [0.717, 1.165) is 12.1 Å². The Bertz CT molecular complexity index is 1750. The number of allylic oxidation sites excluding steroid dienone is 1. The Labute approximate surface area is 412 Å². The van der Waals surface area contributed by atoms with E-state index >= 15 is 0 Å². The monoisotopic (exact) mass is 998 g/mol. The fraction of sp³-hybridized carbons (Fsp3) is 0.644. The molecule has 25 heteroatoms. The first-order valence-electron chi connectivity index (χ1n) is 23.7. The highest BCUT2D eigenvalue weighted by atomic mass is 16.6. The maximum Gasteiger partial charge on any atom is 0.299 e. The van der Waals surface area contributed by atoms with Gasteiger partial charge in [-0.25, -0.2) is 0 Å². The number of nitrogens with one attached hydrogen (secondary N) is 8. The molecule has 0 saturated carbocycles. The molecule has 0 aliphatic rings. The third kappa shape index (κ3) is 34.5. The van der Waals surface area contributed by atoms with Crippen molar-refractivity contribution in [1.82, 2.24) is 37.2 Å². The molecule has 0 bridgehead atoms. The number of unbranched alkanes of at least 4 members (excludes halogenated alkanes) is 2. The number of benzene rings is 1. The van der Waals surface area contributed by atoms with Crippen LogP contribution in [0.15, 0.2) is 30.9 Å². The summed E-state index contributed by atoms with van der Waals surface area (Å²) in [7, 11) is 0. The zero-order valence-corrected chi connectivity index (χ0v) is 42.7. The molecule has 0 aromatic heterocycles. The first-order chi connectivity index (χ1) is 33.3. The molecule has 3 unspecified atom stereocenters. The van der Waals surface area contributed by atoms with Gasteiger partial charge in [0.2, 0.25) is 47.3 Å². The molecule has 8 amide bonds. The Kier molecular flexibility index (Phi) is 44.6. The summed E-state index contributed by atoms with van der Waals surface area (Å²) in [6, 6.07) is -0.210. The number of hydrogen-bond acceptors (Lipinski definition) is 15. The van der Waals surface area contributed by atoms with Gasteiger partial charge in [-0.3, -0.25) is 58.6 Å². The Hall–Kier alpha value is -6.76. The van der Waals surface area contributed by atoms with Gasteiger partial charge in [0.1, 0.15) is 23.8 Å². The minimum absolute atomic E-state index is 0.0990. The summed E-state index contributed by atoms with van der Waals surface area (Å²) in [5.41, 5.74) is 15.3. The summed E-state index contributed by atoms with van der Waals surface area (Å²) in [4.78, 5) is 121. The van der Waals surface area contributed by atoms with Crippen molar-refractivity contribution in [2.24, 2.45) is 23.1 Å². The van der Waals surface area contributed by atoms with Crippen molar-refractivity contribution >= 4 is 64.3 Å². The predicted molar refractivity (Wildman–Crippen MR) is 270 cm³/mol. The van der Waals surface area contributed by atoms with Crippen LogP contribution in [0.3, 0.4) is 0 Å². The Balaban J connectivity index is -0.00000201. The molecule has 4 atom stereocenters. The van der Waals surface area contributed by atoms with Crippen molar-refractivity contribution in [2.45, 2.75) is 138 Å². The van der Waals surface area contributed by atoms with E-state index in [1.165, 1.54) is 12.5 Å². The highest BCUT2D eigenvalue weighted by Crippen LogP contribution is 2.28. The van der Waals surface area contributed by atoms with Crippen LogP contribution in [-0.4, -0.2) is 121 Å². The number of nitro groups is 2.